The van der Waals surface area contributed by atoms with E-state index < -0.39 is 0 Å². The zero-order valence-electron chi connectivity index (χ0n) is 34.3. The molecule has 1 aliphatic carbocycles. The molecule has 62 heavy (non-hydrogen) atoms. The fraction of sp³-hybridized carbons (Fsp3) is 0.0517. The second-order valence-corrected chi connectivity index (χ2v) is 17.2. The van der Waals surface area contributed by atoms with Crippen molar-refractivity contribution in [3.05, 3.63) is 205 Å². The molecule has 0 radical (unpaired) electrons. The van der Waals surface area contributed by atoms with E-state index >= 15 is 0 Å². The Morgan fingerprint density at radius 3 is 1.58 bits per heavy atom. The maximum absolute atomic E-state index is 5.46. The van der Waals surface area contributed by atoms with Crippen LogP contribution >= 0.6 is 0 Å². The van der Waals surface area contributed by atoms with Crippen molar-refractivity contribution in [3.63, 3.8) is 0 Å². The van der Waals surface area contributed by atoms with Crippen LogP contribution in [0.5, 0.6) is 0 Å². The van der Waals surface area contributed by atoms with Crippen LogP contribution in [0, 0.1) is 0 Å². The first kappa shape index (κ1) is 34.9. The molecule has 0 atom stereocenters. The van der Waals surface area contributed by atoms with Gasteiger partial charge in [-0.3, -0.25) is 4.57 Å². The zero-order chi connectivity index (χ0) is 41.1. The quantitative estimate of drug-likeness (QED) is 0.178. The van der Waals surface area contributed by atoms with E-state index in [1.54, 1.807) is 0 Å². The topological polar surface area (TPSA) is 43.6 Å². The molecule has 0 fully saturated rings. The summed E-state index contributed by atoms with van der Waals surface area (Å²) in [7, 11) is 0. The number of hydrogen-bond acceptors (Lipinski definition) is 3. The van der Waals surface area contributed by atoms with Crippen LogP contribution in [-0.2, 0) is 5.41 Å². The largest absolute Gasteiger partial charge is 0.277 e. The molecule has 0 aliphatic heterocycles. The van der Waals surface area contributed by atoms with Crippen LogP contribution < -0.4 is 0 Å². The Morgan fingerprint density at radius 1 is 0.355 bits per heavy atom. The molecule has 10 aromatic carbocycles. The van der Waals surface area contributed by atoms with Crippen molar-refractivity contribution in [2.24, 2.45) is 0 Å². The molecule has 0 saturated heterocycles. The molecular formula is C58H38N4. The second-order valence-electron chi connectivity index (χ2n) is 17.2. The summed E-state index contributed by atoms with van der Waals surface area (Å²) < 4.78 is 2.32. The molecular weight excluding hydrogens is 753 g/mol. The number of fused-ring (bicyclic) bond motifs is 12. The molecule has 0 N–H and O–H groups in total. The van der Waals surface area contributed by atoms with Gasteiger partial charge in [-0.15, -0.1) is 0 Å². The summed E-state index contributed by atoms with van der Waals surface area (Å²) >= 11 is 0. The molecule has 0 unspecified atom stereocenters. The Hall–Kier alpha value is -7.95. The minimum absolute atomic E-state index is 0.181. The number of aromatic nitrogens is 4. The van der Waals surface area contributed by atoms with Gasteiger partial charge in [-0.1, -0.05) is 190 Å². The van der Waals surface area contributed by atoms with Gasteiger partial charge in [0.05, 0.1) is 11.0 Å². The number of para-hydroxylation sites is 1. The van der Waals surface area contributed by atoms with E-state index in [1.807, 2.05) is 0 Å². The average molecular weight is 791 g/mol. The maximum atomic E-state index is 5.46. The highest BCUT2D eigenvalue weighted by atomic mass is 15.2. The van der Waals surface area contributed by atoms with E-state index in [0.29, 0.717) is 17.6 Å². The Kier molecular flexibility index (Phi) is 7.32. The van der Waals surface area contributed by atoms with E-state index in [-0.39, 0.29) is 5.41 Å². The lowest BCUT2D eigenvalue weighted by molar-refractivity contribution is 0.661. The molecule has 0 bridgehead atoms. The monoisotopic (exact) mass is 790 g/mol. The van der Waals surface area contributed by atoms with Gasteiger partial charge in [0.1, 0.15) is 0 Å². The van der Waals surface area contributed by atoms with Crippen LogP contribution in [0.2, 0.25) is 0 Å². The van der Waals surface area contributed by atoms with E-state index in [0.717, 1.165) is 65.6 Å². The molecule has 290 valence electrons. The predicted molar refractivity (Wildman–Crippen MR) is 258 cm³/mol. The van der Waals surface area contributed by atoms with Gasteiger partial charge in [0.15, 0.2) is 11.6 Å². The van der Waals surface area contributed by atoms with Crippen molar-refractivity contribution in [1.82, 2.24) is 19.5 Å². The molecule has 0 amide bonds. The van der Waals surface area contributed by atoms with Crippen LogP contribution in [0.25, 0.3) is 116 Å². The summed E-state index contributed by atoms with van der Waals surface area (Å²) in [5.41, 5.74) is 11.5. The first-order chi connectivity index (χ1) is 30.5. The highest BCUT2D eigenvalue weighted by Crippen LogP contribution is 2.52. The summed E-state index contributed by atoms with van der Waals surface area (Å²) in [5.74, 6) is 1.83. The van der Waals surface area contributed by atoms with Gasteiger partial charge < -0.3 is 0 Å². The molecule has 1 aliphatic rings. The molecule has 12 aromatic rings. The Morgan fingerprint density at radius 2 is 0.887 bits per heavy atom. The fourth-order valence-electron chi connectivity index (χ4n) is 10.3. The van der Waals surface area contributed by atoms with Crippen molar-refractivity contribution in [2.75, 3.05) is 0 Å². The van der Waals surface area contributed by atoms with Crippen LogP contribution in [0.4, 0.5) is 0 Å². The first-order valence-electron chi connectivity index (χ1n) is 21.4. The lowest BCUT2D eigenvalue weighted by atomic mass is 9.81. The zero-order valence-corrected chi connectivity index (χ0v) is 34.3. The van der Waals surface area contributed by atoms with E-state index in [1.165, 1.54) is 43.8 Å². The van der Waals surface area contributed by atoms with Gasteiger partial charge in [0.2, 0.25) is 5.95 Å². The van der Waals surface area contributed by atoms with E-state index in [2.05, 4.69) is 213 Å². The smallest absolute Gasteiger partial charge is 0.238 e. The van der Waals surface area contributed by atoms with Gasteiger partial charge in [-0.05, 0) is 83.7 Å². The number of hydrogen-bond donors (Lipinski definition) is 0. The number of rotatable bonds is 4. The fourth-order valence-corrected chi connectivity index (χ4v) is 10.3. The van der Waals surface area contributed by atoms with Gasteiger partial charge in [-0.2, -0.15) is 9.97 Å². The van der Waals surface area contributed by atoms with Crippen molar-refractivity contribution < 1.29 is 0 Å². The highest BCUT2D eigenvalue weighted by molar-refractivity contribution is 6.21. The third kappa shape index (κ3) is 5.10. The standard InChI is InChI=1S/C58H38N4/c1-58(2)50-31-28-37-14-7-9-18-44(37)52(50)49-30-27-41(34-51(49)58)46-20-11-21-47-48-29-26-38-15-8-10-19-45(38)53(48)62(54(46)47)57-60-55(42-24-22-35-12-3-5-16-39(35)32-42)59-56(61-57)43-25-23-36-13-4-6-17-40(36)33-43/h3-34H,1-2H3. The van der Waals surface area contributed by atoms with Gasteiger partial charge >= 0.3 is 0 Å². The second kappa shape index (κ2) is 13.0. The summed E-state index contributed by atoms with van der Waals surface area (Å²) in [4.78, 5) is 16.2. The summed E-state index contributed by atoms with van der Waals surface area (Å²) in [5, 5.41) is 11.8. The van der Waals surface area contributed by atoms with Gasteiger partial charge in [-0.25, -0.2) is 4.98 Å². The minimum Gasteiger partial charge on any atom is -0.277 e. The van der Waals surface area contributed by atoms with Crippen molar-refractivity contribution in [2.45, 2.75) is 19.3 Å². The molecule has 2 heterocycles. The third-order valence-corrected chi connectivity index (χ3v) is 13.4. The average Bonchev–Trinajstić information content (AvgIpc) is 3.79. The Bertz CT molecular complexity index is 3760. The molecule has 0 saturated carbocycles. The lowest BCUT2D eigenvalue weighted by Gasteiger charge is -2.22. The molecule has 4 heteroatoms. The van der Waals surface area contributed by atoms with Crippen molar-refractivity contribution in [1.29, 1.82) is 0 Å². The van der Waals surface area contributed by atoms with Crippen molar-refractivity contribution >= 4 is 64.9 Å². The third-order valence-electron chi connectivity index (χ3n) is 13.4. The summed E-state index contributed by atoms with van der Waals surface area (Å²) in [6.07, 6.45) is 0. The number of nitrogens with zero attached hydrogens (tertiary/aromatic N) is 4. The molecule has 4 nitrogen and oxygen atoms in total. The summed E-state index contributed by atoms with van der Waals surface area (Å²) in [6.45, 7) is 4.74. The van der Waals surface area contributed by atoms with Crippen LogP contribution in [-0.4, -0.2) is 19.5 Å². The van der Waals surface area contributed by atoms with Gasteiger partial charge in [0.25, 0.3) is 0 Å². The lowest BCUT2D eigenvalue weighted by Crippen LogP contribution is -2.15. The Labute approximate surface area is 358 Å². The maximum Gasteiger partial charge on any atom is 0.238 e. The van der Waals surface area contributed by atoms with Crippen LogP contribution in [0.3, 0.4) is 0 Å². The van der Waals surface area contributed by atoms with Crippen LogP contribution in [0.1, 0.15) is 25.0 Å². The van der Waals surface area contributed by atoms with E-state index in [4.69, 9.17) is 15.0 Å². The molecule has 13 rings (SSSR count). The van der Waals surface area contributed by atoms with Crippen LogP contribution in [0.15, 0.2) is 194 Å². The predicted octanol–water partition coefficient (Wildman–Crippen LogP) is 14.9. The SMILES string of the molecule is CC1(C)c2cc(-c3cccc4c5ccc6ccccc6c5n(-c5nc(-c6ccc7ccccc7c6)nc(-c6ccc7ccccc7c6)n5)c34)ccc2-c2c1ccc1ccccc21. The number of benzene rings is 10. The minimum atomic E-state index is -0.181. The highest BCUT2D eigenvalue weighted by Gasteiger charge is 2.37. The van der Waals surface area contributed by atoms with E-state index in [9.17, 15) is 0 Å². The van der Waals surface area contributed by atoms with Crippen molar-refractivity contribution in [3.8, 4) is 51.0 Å². The molecule has 2 aromatic heterocycles. The molecule has 0 spiro atoms. The van der Waals surface area contributed by atoms with Gasteiger partial charge in [0, 0.05) is 38.3 Å². The summed E-state index contributed by atoms with van der Waals surface area (Å²) in [6, 6.07) is 70.2. The normalized spacial score (nSPS) is 13.1. The Balaban J connectivity index is 1.11. The first-order valence-corrected chi connectivity index (χ1v) is 21.4.